The third kappa shape index (κ3) is 14.9. The summed E-state index contributed by atoms with van der Waals surface area (Å²) in [6, 6.07) is 0. The number of hydrogen-bond donors (Lipinski definition) is 2. The van der Waals surface area contributed by atoms with E-state index in [9.17, 15) is 15.0 Å². The summed E-state index contributed by atoms with van der Waals surface area (Å²) in [7, 11) is 0. The molecule has 7 heteroatoms. The van der Waals surface area contributed by atoms with Gasteiger partial charge < -0.3 is 29.2 Å². The van der Waals surface area contributed by atoms with E-state index in [-0.39, 0.29) is 28.6 Å². The zero-order valence-electron chi connectivity index (χ0n) is 26.7. The highest BCUT2D eigenvalue weighted by atomic mass is 16.6. The zero-order chi connectivity index (χ0) is 30.1. The lowest BCUT2D eigenvalue weighted by molar-refractivity contribution is 0.0685. The van der Waals surface area contributed by atoms with Crippen molar-refractivity contribution in [3.05, 3.63) is 5.56 Å². The number of aromatic carboxylic acids is 1. The Labute approximate surface area is 250 Å². The topological polar surface area (TPSA) is 94.5 Å². The molecule has 0 fully saturated rings. The molecule has 0 aliphatic carbocycles. The molecule has 0 amide bonds. The number of benzene rings is 1. The lowest BCUT2D eigenvalue weighted by Gasteiger charge is -2.23. The van der Waals surface area contributed by atoms with Crippen LogP contribution in [0.2, 0.25) is 0 Å². The van der Waals surface area contributed by atoms with Crippen molar-refractivity contribution in [3.8, 4) is 28.7 Å². The maximum absolute atomic E-state index is 12.4. The summed E-state index contributed by atoms with van der Waals surface area (Å²) >= 11 is 0. The lowest BCUT2D eigenvalue weighted by atomic mass is 10.1. The SMILES string of the molecule is CCCCCCCCOc1c(OCCC)c(O)c(C(=O)O)c(OCCCCCCCC)c1OCCCCCCCC. The predicted molar refractivity (Wildman–Crippen MR) is 167 cm³/mol. The first-order chi connectivity index (χ1) is 20.0. The minimum atomic E-state index is -1.28. The number of rotatable bonds is 28. The number of phenols is 1. The summed E-state index contributed by atoms with van der Waals surface area (Å²) < 4.78 is 24.5. The largest absolute Gasteiger partial charge is 0.503 e. The smallest absolute Gasteiger partial charge is 0.343 e. The first-order valence-corrected chi connectivity index (χ1v) is 16.7. The van der Waals surface area contributed by atoms with Gasteiger partial charge in [0.1, 0.15) is 0 Å². The molecule has 2 N–H and O–H groups in total. The molecule has 0 spiro atoms. The van der Waals surface area contributed by atoms with Crippen molar-refractivity contribution in [2.24, 2.45) is 0 Å². The fraction of sp³-hybridized carbons (Fsp3) is 0.794. The van der Waals surface area contributed by atoms with E-state index in [0.29, 0.717) is 32.8 Å². The van der Waals surface area contributed by atoms with Crippen molar-refractivity contribution < 1.29 is 34.0 Å². The predicted octanol–water partition coefficient (Wildman–Crippen LogP) is 10.1. The van der Waals surface area contributed by atoms with Crippen molar-refractivity contribution >= 4 is 5.97 Å². The van der Waals surface area contributed by atoms with Crippen molar-refractivity contribution in [2.45, 2.75) is 150 Å². The highest BCUT2D eigenvalue weighted by Gasteiger charge is 2.32. The van der Waals surface area contributed by atoms with Gasteiger partial charge in [-0.05, 0) is 25.7 Å². The zero-order valence-corrected chi connectivity index (χ0v) is 26.7. The molecule has 0 unspecified atom stereocenters. The van der Waals surface area contributed by atoms with Crippen molar-refractivity contribution in [2.75, 3.05) is 26.4 Å². The second kappa shape index (κ2) is 24.3. The molecule has 0 bridgehead atoms. The maximum Gasteiger partial charge on any atom is 0.343 e. The molecule has 7 nitrogen and oxygen atoms in total. The molecule has 0 aromatic heterocycles. The van der Waals surface area contributed by atoms with Crippen molar-refractivity contribution in [1.82, 2.24) is 0 Å². The van der Waals surface area contributed by atoms with Crippen LogP contribution in [-0.2, 0) is 0 Å². The van der Waals surface area contributed by atoms with Crippen LogP contribution in [0.5, 0.6) is 28.7 Å². The molecule has 1 rings (SSSR count). The van der Waals surface area contributed by atoms with Crippen molar-refractivity contribution in [3.63, 3.8) is 0 Å². The number of hydrogen-bond acceptors (Lipinski definition) is 6. The van der Waals surface area contributed by atoms with E-state index in [1.807, 2.05) is 6.92 Å². The fourth-order valence-electron chi connectivity index (χ4n) is 4.75. The molecule has 0 aliphatic heterocycles. The molecule has 0 radical (unpaired) electrons. The van der Waals surface area contributed by atoms with Crippen LogP contribution in [0.1, 0.15) is 160 Å². The molecule has 41 heavy (non-hydrogen) atoms. The van der Waals surface area contributed by atoms with Gasteiger partial charge in [0.05, 0.1) is 26.4 Å². The van der Waals surface area contributed by atoms with Crippen LogP contribution in [0.3, 0.4) is 0 Å². The highest BCUT2D eigenvalue weighted by molar-refractivity contribution is 5.97. The normalized spacial score (nSPS) is 11.0. The van der Waals surface area contributed by atoms with Gasteiger partial charge >= 0.3 is 5.97 Å². The van der Waals surface area contributed by atoms with E-state index < -0.39 is 11.7 Å². The number of aromatic hydroxyl groups is 1. The first kappa shape index (κ1) is 36.7. The third-order valence-electron chi connectivity index (χ3n) is 7.19. The average Bonchev–Trinajstić information content (AvgIpc) is 2.96. The van der Waals surface area contributed by atoms with Gasteiger partial charge in [-0.1, -0.05) is 124 Å². The summed E-state index contributed by atoms with van der Waals surface area (Å²) in [6.45, 7) is 10.0. The van der Waals surface area contributed by atoms with Gasteiger partial charge in [0.15, 0.2) is 17.1 Å². The first-order valence-electron chi connectivity index (χ1n) is 16.7. The Hall–Kier alpha value is -2.31. The Kier molecular flexibility index (Phi) is 21.8. The Balaban J connectivity index is 3.23. The fourth-order valence-corrected chi connectivity index (χ4v) is 4.75. The van der Waals surface area contributed by atoms with E-state index >= 15 is 0 Å². The number of ether oxygens (including phenoxy) is 4. The van der Waals surface area contributed by atoms with Crippen LogP contribution in [0, 0.1) is 0 Å². The van der Waals surface area contributed by atoms with Gasteiger partial charge in [-0.2, -0.15) is 0 Å². The average molecular weight is 581 g/mol. The number of carboxylic acids is 1. The highest BCUT2D eigenvalue weighted by Crippen LogP contribution is 2.53. The van der Waals surface area contributed by atoms with Crippen LogP contribution in [-0.4, -0.2) is 42.6 Å². The maximum atomic E-state index is 12.4. The van der Waals surface area contributed by atoms with E-state index in [1.54, 1.807) is 0 Å². The van der Waals surface area contributed by atoms with Crippen molar-refractivity contribution in [1.29, 1.82) is 0 Å². The quantitative estimate of drug-likeness (QED) is 0.0952. The molecule has 0 heterocycles. The van der Waals surface area contributed by atoms with Gasteiger partial charge in [0.2, 0.25) is 17.2 Å². The van der Waals surface area contributed by atoms with Gasteiger partial charge in [-0.15, -0.1) is 0 Å². The van der Waals surface area contributed by atoms with E-state index in [0.717, 1.165) is 57.8 Å². The molecule has 0 saturated heterocycles. The van der Waals surface area contributed by atoms with E-state index in [1.165, 1.54) is 57.8 Å². The summed E-state index contributed by atoms with van der Waals surface area (Å²) in [5, 5.41) is 21.3. The summed E-state index contributed by atoms with van der Waals surface area (Å²) in [4.78, 5) is 12.4. The summed E-state index contributed by atoms with van der Waals surface area (Å²) in [5.41, 5.74) is -0.327. The minimum absolute atomic E-state index is 0.0279. The minimum Gasteiger partial charge on any atom is -0.503 e. The monoisotopic (exact) mass is 580 g/mol. The number of carboxylic acid groups (broad SMARTS) is 1. The van der Waals surface area contributed by atoms with Gasteiger partial charge in [0.25, 0.3) is 0 Å². The third-order valence-corrected chi connectivity index (χ3v) is 7.19. The van der Waals surface area contributed by atoms with Gasteiger partial charge in [-0.25, -0.2) is 4.79 Å². The molecule has 1 aromatic rings. The lowest BCUT2D eigenvalue weighted by Crippen LogP contribution is -2.12. The Morgan fingerprint density at radius 1 is 0.463 bits per heavy atom. The molecule has 1 aromatic carbocycles. The van der Waals surface area contributed by atoms with Gasteiger partial charge in [0, 0.05) is 0 Å². The van der Waals surface area contributed by atoms with Crippen LogP contribution in [0.25, 0.3) is 0 Å². The second-order valence-electron chi connectivity index (χ2n) is 11.0. The van der Waals surface area contributed by atoms with E-state index in [2.05, 4.69) is 20.8 Å². The van der Waals surface area contributed by atoms with Crippen LogP contribution < -0.4 is 18.9 Å². The Morgan fingerprint density at radius 2 is 0.805 bits per heavy atom. The number of unbranched alkanes of at least 4 members (excludes halogenated alkanes) is 15. The van der Waals surface area contributed by atoms with Crippen LogP contribution >= 0.6 is 0 Å². The standard InChI is InChI=1S/C34H60O7/c1-5-9-12-15-18-21-25-39-30-28(34(36)37)29(35)31(38-24-8-4)33(41-27-23-20-17-14-11-7-3)32(30)40-26-22-19-16-13-10-6-2/h35H,5-27H2,1-4H3,(H,36,37). The molecule has 0 aliphatic rings. The molecule has 0 atom stereocenters. The molecular weight excluding hydrogens is 520 g/mol. The van der Waals surface area contributed by atoms with Crippen LogP contribution in [0.15, 0.2) is 0 Å². The second-order valence-corrected chi connectivity index (χ2v) is 11.0. The molecule has 0 saturated carbocycles. The number of carbonyl (C=O) groups is 1. The van der Waals surface area contributed by atoms with E-state index in [4.69, 9.17) is 18.9 Å². The summed E-state index contributed by atoms with van der Waals surface area (Å²) in [6.07, 6.45) is 20.5. The molecular formula is C34H60O7. The Morgan fingerprint density at radius 3 is 1.20 bits per heavy atom. The summed E-state index contributed by atoms with van der Waals surface area (Å²) in [5.74, 6) is -1.20. The Bertz CT molecular complexity index is 809. The van der Waals surface area contributed by atoms with Gasteiger partial charge in [-0.3, -0.25) is 0 Å². The van der Waals surface area contributed by atoms with Crippen LogP contribution in [0.4, 0.5) is 0 Å². The molecule has 238 valence electrons.